The van der Waals surface area contributed by atoms with E-state index in [0.29, 0.717) is 124 Å². The number of benzene rings is 5. The summed E-state index contributed by atoms with van der Waals surface area (Å²) < 4.78 is 44.8. The average Bonchev–Trinajstić information content (AvgIpc) is 1.11. The first-order chi connectivity index (χ1) is 44.0. The van der Waals surface area contributed by atoms with Gasteiger partial charge in [0.1, 0.15) is 53.0 Å². The van der Waals surface area contributed by atoms with Gasteiger partial charge in [-0.05, 0) is 136 Å². The van der Waals surface area contributed by atoms with Gasteiger partial charge in [-0.15, -0.1) is 0 Å². The Morgan fingerprint density at radius 2 is 1.03 bits per heavy atom. The summed E-state index contributed by atoms with van der Waals surface area (Å²) in [5.74, 6) is 0.390. The number of H-pyrrole nitrogens is 1. The van der Waals surface area contributed by atoms with Crippen molar-refractivity contribution in [1.29, 1.82) is 5.41 Å². The number of aromatic nitrogens is 8. The molecule has 2 amide bonds. The molecule has 0 unspecified atom stereocenters. The van der Waals surface area contributed by atoms with E-state index in [0.717, 1.165) is 60.5 Å². The van der Waals surface area contributed by atoms with E-state index >= 15 is 4.39 Å². The molecule has 3 fully saturated rings. The molecule has 0 aliphatic carbocycles. The highest BCUT2D eigenvalue weighted by Gasteiger charge is 2.28. The predicted octanol–water partition coefficient (Wildman–Crippen LogP) is 11.5. The number of carbonyl (C=O) groups is 3. The number of amides is 2. The van der Waals surface area contributed by atoms with Crippen LogP contribution in [0.5, 0.6) is 0 Å². The Hall–Kier alpha value is -7.82. The van der Waals surface area contributed by atoms with Crippen molar-refractivity contribution in [3.8, 4) is 11.1 Å². The van der Waals surface area contributed by atoms with E-state index in [4.69, 9.17) is 67.6 Å². The highest BCUT2D eigenvalue weighted by atomic mass is 79.9. The summed E-state index contributed by atoms with van der Waals surface area (Å²) in [5, 5.41) is 35.1. The smallest absolute Gasteiger partial charge is 0.423 e. The molecule has 5 aromatic carbocycles. The number of piperazine rings is 2. The van der Waals surface area contributed by atoms with Crippen molar-refractivity contribution in [1.82, 2.24) is 49.9 Å². The maximum absolute atomic E-state index is 15.9. The van der Waals surface area contributed by atoms with E-state index in [1.807, 2.05) is 28.9 Å². The van der Waals surface area contributed by atoms with Crippen molar-refractivity contribution in [2.24, 2.45) is 0 Å². The second-order valence-electron chi connectivity index (χ2n) is 20.8. The van der Waals surface area contributed by atoms with Gasteiger partial charge in [-0.1, -0.05) is 72.2 Å². The standard InChI is InChI=1S/C23H20ClFN6O.C15H13BrClFN4O.C13H12BrClFN3.C8H11BN2O2.C3H3ClO/c1-3-18(32)30-6-8-31(9-7-30)23-14-10-16(24)20(21(25)22(14)26-12-27-23)19-13(2)4-5-17-15(19)11-28-29-17;1-2-11(23)21-3-5-22(6-4-21)15-9-7-10(17)12(16)13(18)14(9)19-8-20-15;14-10-9(15)6-8-12(11(10)16)17-7-18-13(8)19-4-2-1-3-5-19;1-5-2-3-7(11)6(4-10)8(5)9(12)13;1-2-3(4)5/h3-5,10-12H,1,6-9H2,2H3,(H,28,29);2,7-8H,1,3-6H2;6-7H,1-5H2;2-4,10,12-13H,11H2,1H3;2H,1H2. The monoisotopic (exact) mass is 1460 g/mol. The van der Waals surface area contributed by atoms with Crippen LogP contribution in [-0.4, -0.2) is 156 Å². The number of carbonyl (C=O) groups excluding carboxylic acids is 3. The maximum atomic E-state index is 15.9. The van der Waals surface area contributed by atoms with E-state index in [2.05, 4.69) is 96.6 Å². The lowest BCUT2D eigenvalue weighted by atomic mass is 9.74. The van der Waals surface area contributed by atoms with Gasteiger partial charge in [0.15, 0.2) is 17.5 Å². The first-order valence-corrected chi connectivity index (χ1v) is 31.4. The van der Waals surface area contributed by atoms with Gasteiger partial charge in [0, 0.05) is 116 Å². The number of aromatic amines is 1. The molecule has 0 saturated carbocycles. The molecule has 30 heteroatoms. The Bertz CT molecular complexity index is 4310. The number of nitrogen functional groups attached to an aromatic ring is 1. The van der Waals surface area contributed by atoms with Crippen LogP contribution in [-0.2, 0) is 14.4 Å². The van der Waals surface area contributed by atoms with Gasteiger partial charge in [-0.3, -0.25) is 19.5 Å². The van der Waals surface area contributed by atoms with Gasteiger partial charge >= 0.3 is 7.12 Å². The van der Waals surface area contributed by atoms with E-state index in [1.165, 1.54) is 37.6 Å². The Kier molecular flexibility index (Phi) is 24.1. The summed E-state index contributed by atoms with van der Waals surface area (Å²) in [6.07, 6.45) is 14.0. The molecule has 3 aliphatic rings. The summed E-state index contributed by atoms with van der Waals surface area (Å²) >= 11 is 29.7. The number of nitrogens with one attached hydrogen (secondary N) is 2. The van der Waals surface area contributed by atoms with Gasteiger partial charge in [-0.25, -0.2) is 43.1 Å². The lowest BCUT2D eigenvalue weighted by molar-refractivity contribution is -0.127. The molecule has 20 nitrogen and oxygen atoms in total. The van der Waals surface area contributed by atoms with Crippen LogP contribution in [0.2, 0.25) is 15.1 Å². The molecular weight excluding hydrogens is 1400 g/mol. The molecule has 0 bridgehead atoms. The Balaban J connectivity index is 0.000000161. The lowest BCUT2D eigenvalue weighted by Crippen LogP contribution is -2.48. The van der Waals surface area contributed by atoms with Crippen LogP contribution in [0.3, 0.4) is 0 Å². The van der Waals surface area contributed by atoms with Crippen LogP contribution in [0.15, 0.2) is 115 Å². The van der Waals surface area contributed by atoms with Gasteiger partial charge in [-0.2, -0.15) is 5.10 Å². The Labute approximate surface area is 563 Å². The van der Waals surface area contributed by atoms with Gasteiger partial charge in [0.25, 0.3) is 0 Å². The number of rotatable bonds is 9. The summed E-state index contributed by atoms with van der Waals surface area (Å²) in [6, 6.07) is 12.3. The molecule has 92 heavy (non-hydrogen) atoms. The summed E-state index contributed by atoms with van der Waals surface area (Å²) in [4.78, 5) is 67.9. The number of nitrogens with zero attached hydrogens (tertiary/aromatic N) is 12. The number of allylic oxidation sites excluding steroid dienone is 1. The van der Waals surface area contributed by atoms with Crippen LogP contribution in [0.25, 0.3) is 54.7 Å². The second kappa shape index (κ2) is 31.7. The zero-order chi connectivity index (χ0) is 66.7. The zero-order valence-corrected chi connectivity index (χ0v) is 55.7. The third-order valence-corrected chi connectivity index (χ3v) is 18.3. The minimum absolute atomic E-state index is 0.0878. The van der Waals surface area contributed by atoms with Crippen molar-refractivity contribution >= 4 is 181 Å². The van der Waals surface area contributed by atoms with Crippen molar-refractivity contribution in [2.45, 2.75) is 33.1 Å². The molecule has 0 radical (unpaired) electrons. The number of nitrogens with two attached hydrogens (primary N) is 1. The van der Waals surface area contributed by atoms with Crippen molar-refractivity contribution in [2.75, 3.05) is 85.9 Å². The molecule has 4 aromatic heterocycles. The molecule has 0 spiro atoms. The van der Waals surface area contributed by atoms with Gasteiger partial charge in [0.2, 0.25) is 17.1 Å². The largest absolute Gasteiger partial charge is 0.489 e. The highest BCUT2D eigenvalue weighted by Crippen LogP contribution is 2.42. The average molecular weight is 1460 g/mol. The predicted molar refractivity (Wildman–Crippen MR) is 367 cm³/mol. The molecule has 7 heterocycles. The summed E-state index contributed by atoms with van der Waals surface area (Å²) in [5.41, 5.74) is 10.7. The van der Waals surface area contributed by atoms with E-state index < -0.39 is 29.8 Å². The highest BCUT2D eigenvalue weighted by molar-refractivity contribution is 9.11. The molecule has 12 rings (SSSR count). The van der Waals surface area contributed by atoms with E-state index in [-0.39, 0.29) is 41.8 Å². The normalized spacial score (nSPS) is 13.8. The summed E-state index contributed by atoms with van der Waals surface area (Å²) in [6.45, 7) is 20.2. The number of anilines is 4. The van der Waals surface area contributed by atoms with Crippen LogP contribution in [0, 0.1) is 36.7 Å². The molecule has 9 aromatic rings. The Morgan fingerprint density at radius 3 is 1.45 bits per heavy atom. The van der Waals surface area contributed by atoms with Gasteiger partial charge < -0.3 is 45.7 Å². The fraction of sp³-hybridized carbons (Fsp3) is 0.242. The molecule has 3 aliphatic heterocycles. The fourth-order valence-corrected chi connectivity index (χ4v) is 11.9. The van der Waals surface area contributed by atoms with Crippen molar-refractivity contribution in [3.05, 3.63) is 164 Å². The number of fused-ring (bicyclic) bond motifs is 4. The minimum Gasteiger partial charge on any atom is -0.423 e. The van der Waals surface area contributed by atoms with Crippen LogP contribution >= 0.6 is 78.3 Å². The van der Waals surface area contributed by atoms with Crippen LogP contribution in [0.1, 0.15) is 36.0 Å². The quantitative estimate of drug-likeness (QED) is 0.0225. The second-order valence-corrected chi connectivity index (χ2v) is 24.0. The first-order valence-electron chi connectivity index (χ1n) is 28.3. The number of hydrogen-bond donors (Lipinski definition) is 5. The number of aryl methyl sites for hydroxylation is 2. The SMILES string of the molecule is C=CC(=O)Cl.C=CC(=O)N1CCN(c2ncnc3c(F)c(-c4c(C)ccc5[nH]ncc45)c(Cl)cc23)CC1.C=CC(=O)N1CCN(c2ncnc3c(F)c(Br)c(Cl)cc23)CC1.Cc1ccc(N)c(C=N)c1B(O)O.Fc1c(Br)c(Cl)cc2c(N3CCCCC3)ncnc12. The summed E-state index contributed by atoms with van der Waals surface area (Å²) in [7, 11) is -1.58. The van der Waals surface area contributed by atoms with E-state index in [9.17, 15) is 23.2 Å². The molecule has 3 saturated heterocycles. The lowest BCUT2D eigenvalue weighted by Gasteiger charge is -2.35. The van der Waals surface area contributed by atoms with Crippen molar-refractivity contribution in [3.63, 3.8) is 0 Å². The third kappa shape index (κ3) is 15.6. The van der Waals surface area contributed by atoms with E-state index in [1.54, 1.807) is 53.3 Å². The molecular formula is C62H59BBr2Cl4F3N15O5. The van der Waals surface area contributed by atoms with Crippen LogP contribution in [0.4, 0.5) is 36.3 Å². The van der Waals surface area contributed by atoms with Gasteiger partial charge in [0.05, 0.1) is 35.7 Å². The number of piperidine rings is 1. The Morgan fingerprint density at radius 1 is 0.609 bits per heavy atom. The third-order valence-electron chi connectivity index (χ3n) is 15.3. The van der Waals surface area contributed by atoms with Crippen molar-refractivity contribution < 1.29 is 37.6 Å². The number of halogens is 9. The number of hydrogen-bond acceptors (Lipinski definition) is 17. The van der Waals surface area contributed by atoms with Crippen LogP contribution < -0.4 is 25.9 Å². The fourth-order valence-electron chi connectivity index (χ4n) is 10.7. The first kappa shape index (κ1) is 70.1. The zero-order valence-electron chi connectivity index (χ0n) is 49.5. The topological polar surface area (TPSA) is 264 Å². The minimum atomic E-state index is -1.58. The molecule has 6 N–H and O–H groups in total. The molecule has 0 atom stereocenters. The molecule has 478 valence electrons. The maximum Gasteiger partial charge on any atom is 0.489 e.